The van der Waals surface area contributed by atoms with Crippen molar-refractivity contribution in [3.63, 3.8) is 0 Å². The zero-order chi connectivity index (χ0) is 11.7. The molecule has 1 atom stereocenters. The van der Waals surface area contributed by atoms with Gasteiger partial charge >= 0.3 is 0 Å². The third-order valence-electron chi connectivity index (χ3n) is 2.92. The molecule has 5 heteroatoms. The van der Waals surface area contributed by atoms with Crippen LogP contribution in [-0.2, 0) is 0 Å². The summed E-state index contributed by atoms with van der Waals surface area (Å²) in [6.45, 7) is 3.43. The van der Waals surface area contributed by atoms with Crippen molar-refractivity contribution in [2.45, 2.75) is 19.4 Å². The highest BCUT2D eigenvalue weighted by Gasteiger charge is 2.24. The van der Waals surface area contributed by atoms with E-state index in [0.717, 1.165) is 28.6 Å². The highest BCUT2D eigenvalue weighted by Crippen LogP contribution is 2.19. The van der Waals surface area contributed by atoms with Gasteiger partial charge in [-0.2, -0.15) is 0 Å². The van der Waals surface area contributed by atoms with Crippen molar-refractivity contribution in [2.75, 3.05) is 13.1 Å². The van der Waals surface area contributed by atoms with Crippen LogP contribution in [0.1, 0.15) is 22.3 Å². The highest BCUT2D eigenvalue weighted by atomic mass is 79.9. The second-order valence-corrected chi connectivity index (χ2v) is 5.12. The number of benzene rings is 1. The van der Waals surface area contributed by atoms with Crippen LogP contribution >= 0.6 is 28.3 Å². The first-order chi connectivity index (χ1) is 7.58. The smallest absolute Gasteiger partial charge is 0.253 e. The SMILES string of the molecule is Cc1cc(C(=O)N2CC[C@H](N)C2)ccc1Br.Cl. The Hall–Kier alpha value is -0.580. The fourth-order valence-electron chi connectivity index (χ4n) is 1.93. The number of rotatable bonds is 1. The molecule has 94 valence electrons. The molecule has 2 N–H and O–H groups in total. The molecular formula is C12H16BrClN2O. The van der Waals surface area contributed by atoms with Gasteiger partial charge in [0.2, 0.25) is 0 Å². The van der Waals surface area contributed by atoms with Crippen LogP contribution in [0.5, 0.6) is 0 Å². The predicted molar refractivity (Wildman–Crippen MR) is 74.6 cm³/mol. The lowest BCUT2D eigenvalue weighted by atomic mass is 10.1. The monoisotopic (exact) mass is 318 g/mol. The van der Waals surface area contributed by atoms with Crippen LogP contribution in [-0.4, -0.2) is 29.9 Å². The number of aryl methyl sites for hydroxylation is 1. The Labute approximate surface area is 116 Å². The summed E-state index contributed by atoms with van der Waals surface area (Å²) in [6, 6.07) is 5.82. The van der Waals surface area contributed by atoms with Crippen LogP contribution in [0.3, 0.4) is 0 Å². The molecule has 0 saturated carbocycles. The molecule has 3 nitrogen and oxygen atoms in total. The zero-order valence-electron chi connectivity index (χ0n) is 9.65. The summed E-state index contributed by atoms with van der Waals surface area (Å²) < 4.78 is 1.03. The van der Waals surface area contributed by atoms with Gasteiger partial charge in [-0.05, 0) is 37.1 Å². The van der Waals surface area contributed by atoms with Gasteiger partial charge in [-0.15, -0.1) is 12.4 Å². The van der Waals surface area contributed by atoms with Crippen molar-refractivity contribution in [1.82, 2.24) is 4.90 Å². The normalized spacial score (nSPS) is 19.0. The van der Waals surface area contributed by atoms with Crippen LogP contribution in [0.15, 0.2) is 22.7 Å². The standard InChI is InChI=1S/C12H15BrN2O.ClH/c1-8-6-9(2-3-11(8)13)12(16)15-5-4-10(14)7-15;/h2-3,6,10H,4-5,7,14H2,1H3;1H/t10-;/m0./s1. The molecule has 1 amide bonds. The molecule has 17 heavy (non-hydrogen) atoms. The Morgan fingerprint density at radius 1 is 1.53 bits per heavy atom. The summed E-state index contributed by atoms with van der Waals surface area (Å²) in [5.74, 6) is 0.0866. The molecule has 1 aliphatic heterocycles. The number of likely N-dealkylation sites (tertiary alicyclic amines) is 1. The van der Waals surface area contributed by atoms with Gasteiger partial charge in [0, 0.05) is 29.2 Å². The average molecular weight is 320 g/mol. The Morgan fingerprint density at radius 2 is 2.24 bits per heavy atom. The summed E-state index contributed by atoms with van der Waals surface area (Å²) in [6.07, 6.45) is 0.904. The largest absolute Gasteiger partial charge is 0.337 e. The van der Waals surface area contributed by atoms with Crippen LogP contribution in [0.2, 0.25) is 0 Å². The number of halogens is 2. The number of amides is 1. The summed E-state index contributed by atoms with van der Waals surface area (Å²) in [5.41, 5.74) is 7.62. The molecule has 1 aromatic rings. The fraction of sp³-hybridized carbons (Fsp3) is 0.417. The Bertz CT molecular complexity index is 425. The first-order valence-corrected chi connectivity index (χ1v) is 6.18. The predicted octanol–water partition coefficient (Wildman–Crippen LogP) is 2.35. The van der Waals surface area contributed by atoms with E-state index in [1.165, 1.54) is 0 Å². The molecule has 0 unspecified atom stereocenters. The molecule has 0 aromatic heterocycles. The molecule has 2 rings (SSSR count). The van der Waals surface area contributed by atoms with Crippen molar-refractivity contribution in [3.05, 3.63) is 33.8 Å². The zero-order valence-corrected chi connectivity index (χ0v) is 12.1. The van der Waals surface area contributed by atoms with Gasteiger partial charge in [-0.3, -0.25) is 4.79 Å². The minimum Gasteiger partial charge on any atom is -0.337 e. The quantitative estimate of drug-likeness (QED) is 0.863. The molecule has 0 spiro atoms. The van der Waals surface area contributed by atoms with Crippen LogP contribution < -0.4 is 5.73 Å². The minimum absolute atomic E-state index is 0. The number of carbonyl (C=O) groups is 1. The lowest BCUT2D eigenvalue weighted by molar-refractivity contribution is 0.0791. The summed E-state index contributed by atoms with van der Waals surface area (Å²) in [4.78, 5) is 13.9. The first kappa shape index (κ1) is 14.5. The lowest BCUT2D eigenvalue weighted by Gasteiger charge is -2.16. The molecule has 0 bridgehead atoms. The molecule has 1 heterocycles. The number of hydrogen-bond acceptors (Lipinski definition) is 2. The van der Waals surface area contributed by atoms with E-state index in [2.05, 4.69) is 15.9 Å². The number of nitrogens with zero attached hydrogens (tertiary/aromatic N) is 1. The van der Waals surface area contributed by atoms with Crippen molar-refractivity contribution >= 4 is 34.2 Å². The second-order valence-electron chi connectivity index (χ2n) is 4.26. The third kappa shape index (κ3) is 3.21. The lowest BCUT2D eigenvalue weighted by Crippen LogP contribution is -2.31. The van der Waals surface area contributed by atoms with Crippen LogP contribution in [0, 0.1) is 6.92 Å². The summed E-state index contributed by atoms with van der Waals surface area (Å²) >= 11 is 3.43. The molecule has 0 radical (unpaired) electrons. The molecule has 0 aliphatic carbocycles. The average Bonchev–Trinajstić information content (AvgIpc) is 2.68. The van der Waals surface area contributed by atoms with Gasteiger partial charge in [0.05, 0.1) is 0 Å². The van der Waals surface area contributed by atoms with E-state index < -0.39 is 0 Å². The van der Waals surface area contributed by atoms with E-state index in [4.69, 9.17) is 5.73 Å². The van der Waals surface area contributed by atoms with Gasteiger partial charge < -0.3 is 10.6 Å². The number of nitrogens with two attached hydrogens (primary N) is 1. The Kier molecular flexibility index (Phi) is 4.98. The fourth-order valence-corrected chi connectivity index (χ4v) is 2.18. The Morgan fingerprint density at radius 3 is 2.76 bits per heavy atom. The van der Waals surface area contributed by atoms with Crippen LogP contribution in [0.4, 0.5) is 0 Å². The van der Waals surface area contributed by atoms with E-state index in [-0.39, 0.29) is 24.4 Å². The maximum atomic E-state index is 12.1. The van der Waals surface area contributed by atoms with E-state index in [1.807, 2.05) is 30.0 Å². The topological polar surface area (TPSA) is 46.3 Å². The second kappa shape index (κ2) is 5.85. The van der Waals surface area contributed by atoms with Crippen molar-refractivity contribution < 1.29 is 4.79 Å². The molecule has 1 aliphatic rings. The van der Waals surface area contributed by atoms with Crippen molar-refractivity contribution in [1.29, 1.82) is 0 Å². The molecular weight excluding hydrogens is 304 g/mol. The number of carbonyl (C=O) groups excluding carboxylic acids is 1. The summed E-state index contributed by atoms with van der Waals surface area (Å²) in [7, 11) is 0. The van der Waals surface area contributed by atoms with Crippen molar-refractivity contribution in [3.8, 4) is 0 Å². The van der Waals surface area contributed by atoms with Gasteiger partial charge in [0.25, 0.3) is 5.91 Å². The minimum atomic E-state index is 0. The first-order valence-electron chi connectivity index (χ1n) is 5.39. The third-order valence-corrected chi connectivity index (χ3v) is 3.81. The molecule has 1 aromatic carbocycles. The number of hydrogen-bond donors (Lipinski definition) is 1. The van der Waals surface area contributed by atoms with Crippen molar-refractivity contribution in [2.24, 2.45) is 5.73 Å². The Balaban J connectivity index is 0.00000144. The maximum Gasteiger partial charge on any atom is 0.253 e. The maximum absolute atomic E-state index is 12.1. The van der Waals surface area contributed by atoms with Gasteiger partial charge in [-0.1, -0.05) is 15.9 Å². The van der Waals surface area contributed by atoms with E-state index in [0.29, 0.717) is 6.54 Å². The van der Waals surface area contributed by atoms with Crippen LogP contribution in [0.25, 0.3) is 0 Å². The molecule has 1 saturated heterocycles. The van der Waals surface area contributed by atoms with Gasteiger partial charge in [-0.25, -0.2) is 0 Å². The van der Waals surface area contributed by atoms with E-state index in [1.54, 1.807) is 0 Å². The highest BCUT2D eigenvalue weighted by molar-refractivity contribution is 9.10. The van der Waals surface area contributed by atoms with E-state index >= 15 is 0 Å². The van der Waals surface area contributed by atoms with Gasteiger partial charge in [0.1, 0.15) is 0 Å². The van der Waals surface area contributed by atoms with E-state index in [9.17, 15) is 4.79 Å². The van der Waals surface area contributed by atoms with Gasteiger partial charge in [0.15, 0.2) is 0 Å². The molecule has 1 fully saturated rings. The summed E-state index contributed by atoms with van der Waals surface area (Å²) in [5, 5.41) is 0.